The Morgan fingerprint density at radius 1 is 1.07 bits per heavy atom. The van der Waals surface area contributed by atoms with E-state index in [1.165, 1.54) is 12.1 Å². The van der Waals surface area contributed by atoms with Crippen molar-refractivity contribution in [3.63, 3.8) is 0 Å². The number of nitrogens with one attached hydrogen (secondary N) is 2. The van der Waals surface area contributed by atoms with Crippen LogP contribution in [0, 0.1) is 0 Å². The average molecular weight is 446 g/mol. The quantitative estimate of drug-likeness (QED) is 0.514. The van der Waals surface area contributed by atoms with Crippen molar-refractivity contribution in [1.82, 2.24) is 4.98 Å². The lowest BCUT2D eigenvalue weighted by Gasteiger charge is -2.09. The molecule has 2 N–H and O–H groups in total. The summed E-state index contributed by atoms with van der Waals surface area (Å²) in [6.07, 6.45) is -0.0826. The first-order valence-electron chi connectivity index (χ1n) is 8.97. The van der Waals surface area contributed by atoms with E-state index in [4.69, 9.17) is 4.74 Å². The van der Waals surface area contributed by atoms with E-state index in [1.807, 2.05) is 0 Å². The predicted molar refractivity (Wildman–Crippen MR) is 114 cm³/mol. The minimum atomic E-state index is -3.75. The molecular weight excluding hydrogens is 426 g/mol. The summed E-state index contributed by atoms with van der Waals surface area (Å²) < 4.78 is 32.1. The zero-order valence-corrected chi connectivity index (χ0v) is 17.6. The number of hydrogen-bond acceptors (Lipinski definition) is 7. The third kappa shape index (κ3) is 5.43. The summed E-state index contributed by atoms with van der Waals surface area (Å²) in [7, 11) is -3.75. The van der Waals surface area contributed by atoms with Gasteiger partial charge in [-0.25, -0.2) is 18.2 Å². The fraction of sp³-hybridized carbons (Fsp3) is 0.150. The Bertz CT molecular complexity index is 1140. The summed E-state index contributed by atoms with van der Waals surface area (Å²) in [6, 6.07) is 14.5. The fourth-order valence-electron chi connectivity index (χ4n) is 2.55. The first kappa shape index (κ1) is 21.5. The lowest BCUT2D eigenvalue weighted by molar-refractivity contribution is -0.115. The van der Waals surface area contributed by atoms with Crippen LogP contribution >= 0.6 is 11.3 Å². The van der Waals surface area contributed by atoms with E-state index >= 15 is 0 Å². The smallest absolute Gasteiger partial charge is 0.340 e. The maximum Gasteiger partial charge on any atom is 0.340 e. The van der Waals surface area contributed by atoms with E-state index in [2.05, 4.69) is 15.0 Å². The molecule has 3 rings (SSSR count). The number of carbonyl (C=O) groups is 2. The van der Waals surface area contributed by atoms with Crippen molar-refractivity contribution in [3.8, 4) is 0 Å². The highest BCUT2D eigenvalue weighted by Crippen LogP contribution is 2.21. The summed E-state index contributed by atoms with van der Waals surface area (Å²) in [4.78, 5) is 28.7. The number of benzene rings is 2. The predicted octanol–water partition coefficient (Wildman–Crippen LogP) is 3.30. The Hall–Kier alpha value is -3.24. The lowest BCUT2D eigenvalue weighted by Crippen LogP contribution is -2.18. The van der Waals surface area contributed by atoms with Gasteiger partial charge in [-0.05, 0) is 31.2 Å². The molecule has 0 aliphatic rings. The summed E-state index contributed by atoms with van der Waals surface area (Å²) in [5.74, 6) is -0.922. The van der Waals surface area contributed by atoms with Gasteiger partial charge in [-0.15, -0.1) is 11.3 Å². The molecule has 2 aromatic carbocycles. The van der Waals surface area contributed by atoms with Gasteiger partial charge in [-0.1, -0.05) is 30.3 Å². The molecule has 1 amide bonds. The van der Waals surface area contributed by atoms with Crippen LogP contribution < -0.4 is 10.0 Å². The van der Waals surface area contributed by atoms with Gasteiger partial charge in [0.25, 0.3) is 10.0 Å². The summed E-state index contributed by atoms with van der Waals surface area (Å²) in [5.41, 5.74) is 0.986. The van der Waals surface area contributed by atoms with Crippen LogP contribution in [0.4, 0.5) is 10.8 Å². The average Bonchev–Trinajstić information content (AvgIpc) is 3.15. The number of esters is 1. The van der Waals surface area contributed by atoms with Crippen LogP contribution in [0.5, 0.6) is 0 Å². The first-order chi connectivity index (χ1) is 14.4. The van der Waals surface area contributed by atoms with E-state index in [1.54, 1.807) is 54.8 Å². The second-order valence-corrected chi connectivity index (χ2v) is 8.59. The highest BCUT2D eigenvalue weighted by Gasteiger charge is 2.18. The summed E-state index contributed by atoms with van der Waals surface area (Å²) in [6.45, 7) is 1.92. The largest absolute Gasteiger partial charge is 0.462 e. The second-order valence-electron chi connectivity index (χ2n) is 6.05. The van der Waals surface area contributed by atoms with Gasteiger partial charge in [0.1, 0.15) is 0 Å². The Balaban J connectivity index is 1.66. The van der Waals surface area contributed by atoms with Crippen LogP contribution in [-0.2, 0) is 26.0 Å². The Labute approximate surface area is 178 Å². The van der Waals surface area contributed by atoms with E-state index < -0.39 is 21.9 Å². The lowest BCUT2D eigenvalue weighted by atomic mass is 10.1. The molecule has 0 radical (unpaired) electrons. The van der Waals surface area contributed by atoms with Gasteiger partial charge in [-0.2, -0.15) is 0 Å². The van der Waals surface area contributed by atoms with Gasteiger partial charge in [0, 0.05) is 5.38 Å². The summed E-state index contributed by atoms with van der Waals surface area (Å²) >= 11 is 1.08. The van der Waals surface area contributed by atoms with Crippen molar-refractivity contribution < 1.29 is 22.7 Å². The van der Waals surface area contributed by atoms with Crippen LogP contribution in [0.25, 0.3) is 0 Å². The van der Waals surface area contributed by atoms with E-state index in [0.717, 1.165) is 11.3 Å². The number of nitrogens with zero attached hydrogens (tertiary/aromatic N) is 1. The van der Waals surface area contributed by atoms with Gasteiger partial charge in [0.15, 0.2) is 5.13 Å². The molecule has 0 aliphatic heterocycles. The van der Waals surface area contributed by atoms with Crippen LogP contribution in [-0.4, -0.2) is 31.9 Å². The van der Waals surface area contributed by atoms with Crippen molar-refractivity contribution in [2.75, 3.05) is 16.6 Å². The topological polar surface area (TPSA) is 114 Å². The van der Waals surface area contributed by atoms with Crippen molar-refractivity contribution in [2.24, 2.45) is 0 Å². The molecule has 30 heavy (non-hydrogen) atoms. The molecule has 0 saturated carbocycles. The van der Waals surface area contributed by atoms with E-state index in [9.17, 15) is 18.0 Å². The molecule has 0 spiro atoms. The Kier molecular flexibility index (Phi) is 6.80. The third-order valence-corrected chi connectivity index (χ3v) is 6.16. The van der Waals surface area contributed by atoms with E-state index in [-0.39, 0.29) is 28.6 Å². The van der Waals surface area contributed by atoms with Gasteiger partial charge in [-0.3, -0.25) is 9.52 Å². The van der Waals surface area contributed by atoms with Gasteiger partial charge in [0.2, 0.25) is 5.91 Å². The molecule has 1 aromatic heterocycles. The minimum Gasteiger partial charge on any atom is -0.462 e. The molecule has 0 bridgehead atoms. The highest BCUT2D eigenvalue weighted by atomic mass is 32.2. The monoisotopic (exact) mass is 445 g/mol. The van der Waals surface area contributed by atoms with Gasteiger partial charge < -0.3 is 10.1 Å². The number of thiazole rings is 1. The number of para-hydroxylation sites is 1. The van der Waals surface area contributed by atoms with Crippen LogP contribution in [0.3, 0.4) is 0 Å². The maximum atomic E-state index is 12.4. The van der Waals surface area contributed by atoms with Gasteiger partial charge >= 0.3 is 5.97 Å². The molecule has 10 heteroatoms. The molecule has 3 aromatic rings. The molecule has 0 atom stereocenters. The maximum absolute atomic E-state index is 12.4. The molecule has 0 fully saturated rings. The fourth-order valence-corrected chi connectivity index (χ4v) is 4.53. The number of ether oxygens (including phenoxy) is 1. The molecule has 8 nitrogen and oxygen atoms in total. The van der Waals surface area contributed by atoms with Crippen LogP contribution in [0.15, 0.2) is 64.9 Å². The van der Waals surface area contributed by atoms with E-state index in [0.29, 0.717) is 11.4 Å². The van der Waals surface area contributed by atoms with Crippen molar-refractivity contribution in [1.29, 1.82) is 0 Å². The Morgan fingerprint density at radius 3 is 2.50 bits per heavy atom. The number of hydrogen-bond donors (Lipinski definition) is 2. The highest BCUT2D eigenvalue weighted by molar-refractivity contribution is 7.93. The molecular formula is C20H19N3O5S2. The van der Waals surface area contributed by atoms with Crippen molar-refractivity contribution in [2.45, 2.75) is 18.2 Å². The number of rotatable bonds is 8. The second kappa shape index (κ2) is 9.51. The van der Waals surface area contributed by atoms with Crippen molar-refractivity contribution >= 4 is 44.1 Å². The number of sulfonamides is 1. The van der Waals surface area contributed by atoms with Gasteiger partial charge in [0.05, 0.1) is 34.9 Å². The number of carbonyl (C=O) groups excluding carboxylic acids is 2. The molecule has 156 valence electrons. The standard InChI is InChI=1S/C20H19N3O5S2/c1-2-28-19(25)16-10-6-7-11-17(16)22-18(24)12-14-13-29-20(21-14)23-30(26,27)15-8-4-3-5-9-15/h3-11,13H,2,12H2,1H3,(H,21,23)(H,22,24). The zero-order valence-electron chi connectivity index (χ0n) is 16.0. The SMILES string of the molecule is CCOC(=O)c1ccccc1NC(=O)Cc1csc(NS(=O)(=O)c2ccccc2)n1. The normalized spacial score (nSPS) is 11.0. The molecule has 0 aliphatic carbocycles. The molecule has 0 unspecified atom stereocenters. The Morgan fingerprint density at radius 2 is 1.77 bits per heavy atom. The first-order valence-corrected chi connectivity index (χ1v) is 11.3. The summed E-state index contributed by atoms with van der Waals surface area (Å²) in [5, 5.41) is 4.43. The number of amides is 1. The minimum absolute atomic E-state index is 0.0826. The number of aromatic nitrogens is 1. The van der Waals surface area contributed by atoms with Crippen molar-refractivity contribution in [3.05, 3.63) is 71.2 Å². The molecule has 1 heterocycles. The van der Waals surface area contributed by atoms with Crippen LogP contribution in [0.1, 0.15) is 23.0 Å². The zero-order chi connectivity index (χ0) is 21.6. The number of anilines is 2. The van der Waals surface area contributed by atoms with Crippen LogP contribution in [0.2, 0.25) is 0 Å². The third-order valence-electron chi connectivity index (χ3n) is 3.87. The molecule has 0 saturated heterocycles.